The Morgan fingerprint density at radius 1 is 0.676 bits per heavy atom. The first kappa shape index (κ1) is 58.0. The third kappa shape index (κ3) is 16.3. The van der Waals surface area contributed by atoms with E-state index in [0.29, 0.717) is 27.6 Å². The molecule has 71 heavy (non-hydrogen) atoms. The number of nitrogens with zero attached hydrogens (tertiary/aromatic N) is 1. The van der Waals surface area contributed by atoms with E-state index in [1.807, 2.05) is 0 Å². The van der Waals surface area contributed by atoms with Crippen molar-refractivity contribution in [2.75, 3.05) is 26.0 Å². The number of aromatic nitrogens is 1. The first-order valence-corrected chi connectivity index (χ1v) is 20.3. The maximum atomic E-state index is 11.9. The largest absolute Gasteiger partial charge is 0.495 e. The van der Waals surface area contributed by atoms with Crippen LogP contribution in [0.3, 0.4) is 0 Å². The van der Waals surface area contributed by atoms with Gasteiger partial charge in [-0.25, -0.2) is 38.4 Å². The maximum Gasteiger partial charge on any atom is 0.372 e. The SMILES string of the molecule is CNC(=O)Nc1ccc(C(=O)O)cc1.COc1ccc(C(=O)O)cc1Cl.O=C(O)C(Br)CN1C(=O)c2ccccc2C1=O.O=C(O)c1cc(Cl)c[nH]c1=O.O=C(O)c1oc(C(=O)O)c(C(=O)O)c1C(=O)O. The third-order valence-corrected chi connectivity index (χ3v) is 9.52. The van der Waals surface area contributed by atoms with Crippen LogP contribution in [0.1, 0.15) is 93.6 Å². The average Bonchev–Trinajstić information content (AvgIpc) is 3.84. The number of alkyl halides is 1. The van der Waals surface area contributed by atoms with Crippen molar-refractivity contribution in [3.63, 3.8) is 0 Å². The molecule has 1 aliphatic heterocycles. The van der Waals surface area contributed by atoms with Gasteiger partial charge in [0, 0.05) is 18.9 Å². The molecule has 2 aromatic heterocycles. The predicted octanol–water partition coefficient (Wildman–Crippen LogP) is 5.11. The number of nitrogens with one attached hydrogen (secondary N) is 3. The number of rotatable bonds is 12. The van der Waals surface area contributed by atoms with E-state index in [-0.39, 0.29) is 34.3 Å². The number of hydrogen-bond acceptors (Lipinski definition) is 14. The van der Waals surface area contributed by atoms with Crippen molar-refractivity contribution in [1.82, 2.24) is 15.2 Å². The Bertz CT molecular complexity index is 2890. The Morgan fingerprint density at radius 2 is 1.15 bits per heavy atom. The Hall–Kier alpha value is -9.08. The Morgan fingerprint density at radius 3 is 1.52 bits per heavy atom. The van der Waals surface area contributed by atoms with Crippen LogP contribution < -0.4 is 20.9 Å². The van der Waals surface area contributed by atoms with Crippen molar-refractivity contribution in [1.29, 1.82) is 0 Å². The van der Waals surface area contributed by atoms with Gasteiger partial charge >= 0.3 is 53.8 Å². The number of furan rings is 1. The van der Waals surface area contributed by atoms with E-state index >= 15 is 0 Å². The number of carbonyl (C=O) groups excluding carboxylic acids is 3. The second-order valence-corrected chi connectivity index (χ2v) is 14.9. The predicted molar refractivity (Wildman–Crippen MR) is 244 cm³/mol. The number of ether oxygens (including phenoxy) is 1. The lowest BCUT2D eigenvalue weighted by molar-refractivity contribution is -0.136. The van der Waals surface area contributed by atoms with Gasteiger partial charge in [-0.2, -0.15) is 0 Å². The number of amides is 4. The summed E-state index contributed by atoms with van der Waals surface area (Å²) in [7, 11) is 2.97. The van der Waals surface area contributed by atoms with Gasteiger partial charge in [-0.1, -0.05) is 51.3 Å². The van der Waals surface area contributed by atoms with Gasteiger partial charge in [0.15, 0.2) is 0 Å². The molecule has 1 atom stereocenters. The lowest BCUT2D eigenvalue weighted by Crippen LogP contribution is -2.37. The molecule has 0 radical (unpaired) electrons. The Balaban J connectivity index is 0.000000307. The molecule has 374 valence electrons. The van der Waals surface area contributed by atoms with Crippen LogP contribution in [0.2, 0.25) is 10.0 Å². The molecule has 0 saturated heterocycles. The van der Waals surface area contributed by atoms with Gasteiger partial charge in [-0.15, -0.1) is 0 Å². The van der Waals surface area contributed by atoms with Gasteiger partial charge in [-0.3, -0.25) is 24.1 Å². The summed E-state index contributed by atoms with van der Waals surface area (Å²) in [5.74, 6) is -14.9. The smallest absolute Gasteiger partial charge is 0.372 e. The number of halogens is 3. The number of aromatic carboxylic acids is 7. The van der Waals surface area contributed by atoms with Crippen molar-refractivity contribution in [2.45, 2.75) is 4.83 Å². The van der Waals surface area contributed by atoms with E-state index in [4.69, 9.17) is 68.8 Å². The summed E-state index contributed by atoms with van der Waals surface area (Å²) in [5, 5.41) is 74.2. The number of H-pyrrole nitrogens is 1. The number of aromatic amines is 1. The maximum absolute atomic E-state index is 11.9. The van der Waals surface area contributed by atoms with Gasteiger partial charge < -0.3 is 65.6 Å². The van der Waals surface area contributed by atoms with Crippen LogP contribution in [0.4, 0.5) is 10.5 Å². The van der Waals surface area contributed by atoms with E-state index in [1.165, 1.54) is 62.8 Å². The fourth-order valence-electron chi connectivity index (χ4n) is 5.09. The molecule has 0 fully saturated rings. The molecule has 0 aliphatic carbocycles. The number of pyridine rings is 1. The number of imide groups is 1. The van der Waals surface area contributed by atoms with E-state index in [9.17, 15) is 57.5 Å². The third-order valence-electron chi connectivity index (χ3n) is 8.33. The minimum absolute atomic E-state index is 0.154. The molecule has 1 unspecified atom stereocenters. The first-order valence-electron chi connectivity index (χ1n) is 18.6. The monoisotopic (exact) mass is 1090 g/mol. The molecule has 0 bridgehead atoms. The van der Waals surface area contributed by atoms with Crippen molar-refractivity contribution in [3.8, 4) is 5.75 Å². The number of hydrogen-bond donors (Lipinski definition) is 11. The lowest BCUT2D eigenvalue weighted by atomic mass is 10.1. The van der Waals surface area contributed by atoms with E-state index in [2.05, 4.69) is 36.0 Å². The fourth-order valence-corrected chi connectivity index (χ4v) is 5.80. The Kier molecular flexibility index (Phi) is 21.6. The van der Waals surface area contributed by atoms with Gasteiger partial charge in [0.2, 0.25) is 11.5 Å². The van der Waals surface area contributed by atoms with Gasteiger partial charge in [0.1, 0.15) is 27.3 Å². The molecule has 3 heterocycles. The highest BCUT2D eigenvalue weighted by Crippen LogP contribution is 2.26. The fraction of sp³-hybridized carbons (Fsp3) is 0.0952. The summed E-state index contributed by atoms with van der Waals surface area (Å²) >= 11 is 14.0. The number of anilines is 1. The van der Waals surface area contributed by atoms with E-state index in [1.54, 1.807) is 24.3 Å². The van der Waals surface area contributed by atoms with Crippen LogP contribution in [-0.2, 0) is 4.79 Å². The standard InChI is InChI=1S/C11H8BrNO4.C9H10N2O3.C8H7ClO3.C8H4O9.C6H4ClNO3/c12-8(11(16)17)5-13-9(14)6-3-1-2-4-7(6)10(13)15;1-10-9(14)11-7-4-2-6(3-5-7)8(12)13;1-12-7-3-2-5(8(10)11)4-6(7)9;9-5(10)1-2(6(11)12)4(8(15)16)17-3(1)7(13)14;7-3-1-4(6(10)11)5(9)8-2-3/h1-4,8H,5H2,(H,16,17);2-5H,1H3,(H,12,13)(H2,10,11,14);2-4H,1H3,(H,10,11);(H,9,10)(H,11,12)(H,13,14)(H,15,16);1-2H,(H,8,9)(H,10,11). The van der Waals surface area contributed by atoms with Crippen LogP contribution in [0.5, 0.6) is 5.75 Å². The zero-order valence-corrected chi connectivity index (χ0v) is 38.8. The summed E-state index contributed by atoms with van der Waals surface area (Å²) in [6.07, 6.45) is 1.23. The molecule has 26 nitrogen and oxygen atoms in total. The first-order chi connectivity index (χ1) is 33.2. The molecular formula is C42H33BrCl2N4O22. The van der Waals surface area contributed by atoms with Crippen LogP contribution >= 0.6 is 39.1 Å². The molecule has 0 saturated carbocycles. The molecule has 11 N–H and O–H groups in total. The molecule has 3 aromatic carbocycles. The number of carboxylic acids is 8. The van der Waals surface area contributed by atoms with Crippen LogP contribution in [0.25, 0.3) is 0 Å². The van der Waals surface area contributed by atoms with Crippen LogP contribution in [0, 0.1) is 0 Å². The van der Waals surface area contributed by atoms with Crippen molar-refractivity contribution in [2.24, 2.45) is 0 Å². The number of benzene rings is 3. The van der Waals surface area contributed by atoms with Crippen molar-refractivity contribution >= 4 is 110 Å². The second kappa shape index (κ2) is 26.5. The number of urea groups is 1. The highest BCUT2D eigenvalue weighted by Gasteiger charge is 2.38. The van der Waals surface area contributed by atoms with Gasteiger partial charge in [0.05, 0.1) is 46.0 Å². The number of aliphatic carboxylic acids is 1. The number of methoxy groups -OCH3 is 1. The quantitative estimate of drug-likeness (QED) is 0.0571. The molecule has 0 spiro atoms. The summed E-state index contributed by atoms with van der Waals surface area (Å²) in [5.41, 5.74) is -1.88. The van der Waals surface area contributed by atoms with Gasteiger partial charge in [-0.05, 0) is 60.7 Å². The summed E-state index contributed by atoms with van der Waals surface area (Å²) < 4.78 is 9.09. The summed E-state index contributed by atoms with van der Waals surface area (Å²) in [4.78, 5) is 132. The number of carboxylic acid groups (broad SMARTS) is 8. The molecule has 4 amide bonds. The van der Waals surface area contributed by atoms with Crippen LogP contribution in [0.15, 0.2) is 88.2 Å². The minimum Gasteiger partial charge on any atom is -0.495 e. The highest BCUT2D eigenvalue weighted by atomic mass is 79.9. The highest BCUT2D eigenvalue weighted by molar-refractivity contribution is 9.10. The topological polar surface area (TPSA) is 432 Å². The molecule has 29 heteroatoms. The normalized spacial score (nSPS) is 11.1. The lowest BCUT2D eigenvalue weighted by Gasteiger charge is -2.15. The van der Waals surface area contributed by atoms with E-state index < -0.39 is 92.6 Å². The van der Waals surface area contributed by atoms with Crippen molar-refractivity contribution < 1.29 is 103 Å². The molecule has 1 aliphatic rings. The zero-order chi connectivity index (χ0) is 54.0. The second-order valence-electron chi connectivity index (χ2n) is 12.9. The zero-order valence-electron chi connectivity index (χ0n) is 35.7. The Labute approximate surface area is 413 Å². The van der Waals surface area contributed by atoms with E-state index in [0.717, 1.165) is 11.0 Å². The average molecular weight is 1100 g/mol. The molecule has 6 rings (SSSR count). The van der Waals surface area contributed by atoms with Crippen molar-refractivity contribution in [3.05, 3.63) is 150 Å². The summed E-state index contributed by atoms with van der Waals surface area (Å²) in [6, 6.07) is 17.4. The van der Waals surface area contributed by atoms with Crippen LogP contribution in [-0.4, -0.2) is 142 Å². The number of carbonyl (C=O) groups is 11. The summed E-state index contributed by atoms with van der Waals surface area (Å²) in [6.45, 7) is -0.179. The van der Waals surface area contributed by atoms with Gasteiger partial charge in [0.25, 0.3) is 17.4 Å². The minimum atomic E-state index is -1.91. The number of fused-ring (bicyclic) bond motifs is 1. The molecule has 5 aromatic rings. The molecular weight excluding hydrogens is 1060 g/mol.